The van der Waals surface area contributed by atoms with Gasteiger partial charge in [0.25, 0.3) is 5.91 Å². The number of aryl methyl sites for hydroxylation is 1. The lowest BCUT2D eigenvalue weighted by Gasteiger charge is -2.34. The SMILES string of the molecule is Cc1ccc(C(=O)N2CCN(CC(=O)NCc3ccc(F)cc3)CC2)cc1F. The molecule has 28 heavy (non-hydrogen) atoms. The second-order valence-electron chi connectivity index (χ2n) is 6.94. The van der Waals surface area contributed by atoms with Crippen LogP contribution in [0.5, 0.6) is 0 Å². The molecule has 3 rings (SSSR count). The van der Waals surface area contributed by atoms with Crippen molar-refractivity contribution in [1.82, 2.24) is 15.1 Å². The van der Waals surface area contributed by atoms with E-state index in [1.54, 1.807) is 36.1 Å². The topological polar surface area (TPSA) is 52.7 Å². The van der Waals surface area contributed by atoms with Crippen LogP contribution in [0.1, 0.15) is 21.5 Å². The molecule has 1 saturated heterocycles. The summed E-state index contributed by atoms with van der Waals surface area (Å²) in [5, 5.41) is 2.81. The number of amides is 2. The first-order valence-electron chi connectivity index (χ1n) is 9.21. The van der Waals surface area contributed by atoms with Crippen molar-refractivity contribution in [3.8, 4) is 0 Å². The summed E-state index contributed by atoms with van der Waals surface area (Å²) in [6.07, 6.45) is 0. The summed E-state index contributed by atoms with van der Waals surface area (Å²) in [6.45, 7) is 4.36. The van der Waals surface area contributed by atoms with Gasteiger partial charge in [0.15, 0.2) is 0 Å². The number of nitrogens with one attached hydrogen (secondary N) is 1. The van der Waals surface area contributed by atoms with Gasteiger partial charge in [-0.15, -0.1) is 0 Å². The van der Waals surface area contributed by atoms with Crippen LogP contribution in [0.2, 0.25) is 0 Å². The number of halogens is 2. The van der Waals surface area contributed by atoms with E-state index in [1.807, 2.05) is 4.90 Å². The number of carbonyl (C=O) groups is 2. The normalized spacial score (nSPS) is 14.8. The van der Waals surface area contributed by atoms with Crippen LogP contribution in [0.25, 0.3) is 0 Å². The van der Waals surface area contributed by atoms with Gasteiger partial charge in [0, 0.05) is 38.3 Å². The first kappa shape index (κ1) is 19.9. The van der Waals surface area contributed by atoms with Crippen molar-refractivity contribution < 1.29 is 18.4 Å². The monoisotopic (exact) mass is 387 g/mol. The largest absolute Gasteiger partial charge is 0.351 e. The van der Waals surface area contributed by atoms with Crippen LogP contribution in [-0.2, 0) is 11.3 Å². The number of rotatable bonds is 5. The predicted octanol–water partition coefficient (Wildman–Crippen LogP) is 2.35. The van der Waals surface area contributed by atoms with E-state index < -0.39 is 0 Å². The molecule has 5 nitrogen and oxygen atoms in total. The lowest BCUT2D eigenvalue weighted by Crippen LogP contribution is -2.51. The maximum atomic E-state index is 13.7. The number of hydrogen-bond acceptors (Lipinski definition) is 3. The summed E-state index contributed by atoms with van der Waals surface area (Å²) >= 11 is 0. The van der Waals surface area contributed by atoms with Gasteiger partial charge in [0.1, 0.15) is 11.6 Å². The third-order valence-electron chi connectivity index (χ3n) is 4.85. The molecule has 7 heteroatoms. The highest BCUT2D eigenvalue weighted by atomic mass is 19.1. The zero-order valence-electron chi connectivity index (χ0n) is 15.8. The van der Waals surface area contributed by atoms with Gasteiger partial charge in [-0.25, -0.2) is 8.78 Å². The molecule has 1 fully saturated rings. The third-order valence-corrected chi connectivity index (χ3v) is 4.85. The van der Waals surface area contributed by atoms with Gasteiger partial charge in [0.2, 0.25) is 5.91 Å². The number of benzene rings is 2. The lowest BCUT2D eigenvalue weighted by molar-refractivity contribution is -0.122. The van der Waals surface area contributed by atoms with Crippen molar-refractivity contribution >= 4 is 11.8 Å². The summed E-state index contributed by atoms with van der Waals surface area (Å²) in [5.41, 5.74) is 1.68. The van der Waals surface area contributed by atoms with Crippen LogP contribution in [0.15, 0.2) is 42.5 Å². The van der Waals surface area contributed by atoms with Crippen LogP contribution in [-0.4, -0.2) is 54.3 Å². The molecule has 0 saturated carbocycles. The Morgan fingerprint density at radius 2 is 1.68 bits per heavy atom. The van der Waals surface area contributed by atoms with E-state index in [0.717, 1.165) is 5.56 Å². The fourth-order valence-electron chi connectivity index (χ4n) is 3.08. The molecule has 0 spiro atoms. The quantitative estimate of drug-likeness (QED) is 0.857. The summed E-state index contributed by atoms with van der Waals surface area (Å²) in [6, 6.07) is 10.5. The average molecular weight is 387 g/mol. The van der Waals surface area contributed by atoms with Crippen molar-refractivity contribution in [2.24, 2.45) is 0 Å². The van der Waals surface area contributed by atoms with Crippen molar-refractivity contribution in [3.05, 3.63) is 70.8 Å². The summed E-state index contributed by atoms with van der Waals surface area (Å²) in [5.74, 6) is -1.01. The fourth-order valence-corrected chi connectivity index (χ4v) is 3.08. The van der Waals surface area contributed by atoms with Crippen LogP contribution >= 0.6 is 0 Å². The Bertz CT molecular complexity index is 847. The molecule has 2 aromatic carbocycles. The molecule has 1 aliphatic rings. The first-order valence-corrected chi connectivity index (χ1v) is 9.21. The van der Waals surface area contributed by atoms with Gasteiger partial charge >= 0.3 is 0 Å². The summed E-state index contributed by atoms with van der Waals surface area (Å²) in [4.78, 5) is 28.3. The highest BCUT2D eigenvalue weighted by Crippen LogP contribution is 2.13. The molecule has 148 valence electrons. The standard InChI is InChI=1S/C21H23F2N3O2/c1-15-2-5-17(12-19(15)23)21(28)26-10-8-25(9-11-26)14-20(27)24-13-16-3-6-18(22)7-4-16/h2-7,12H,8-11,13-14H2,1H3,(H,24,27). The molecule has 0 radical (unpaired) electrons. The van der Waals surface area contributed by atoms with E-state index in [2.05, 4.69) is 5.32 Å². The van der Waals surface area contributed by atoms with E-state index in [0.29, 0.717) is 43.9 Å². The Balaban J connectivity index is 1.44. The highest BCUT2D eigenvalue weighted by molar-refractivity contribution is 5.94. The van der Waals surface area contributed by atoms with Crippen LogP contribution in [0, 0.1) is 18.6 Å². The molecular formula is C21H23F2N3O2. The molecule has 1 N–H and O–H groups in total. The van der Waals surface area contributed by atoms with Crippen molar-refractivity contribution in [1.29, 1.82) is 0 Å². The minimum atomic E-state index is -0.387. The van der Waals surface area contributed by atoms with E-state index in [9.17, 15) is 18.4 Å². The number of piperazine rings is 1. The van der Waals surface area contributed by atoms with Gasteiger partial charge in [0.05, 0.1) is 6.54 Å². The van der Waals surface area contributed by atoms with E-state index in [4.69, 9.17) is 0 Å². The maximum Gasteiger partial charge on any atom is 0.254 e. The van der Waals surface area contributed by atoms with Gasteiger partial charge in [-0.3, -0.25) is 14.5 Å². The Morgan fingerprint density at radius 3 is 2.32 bits per heavy atom. The van der Waals surface area contributed by atoms with Crippen molar-refractivity contribution in [2.45, 2.75) is 13.5 Å². The number of nitrogens with zero attached hydrogens (tertiary/aromatic N) is 2. The molecule has 0 aromatic heterocycles. The Kier molecular flexibility index (Phi) is 6.36. The second kappa shape index (κ2) is 8.93. The third kappa shape index (κ3) is 5.13. The Morgan fingerprint density at radius 1 is 1.00 bits per heavy atom. The van der Waals surface area contributed by atoms with Crippen molar-refractivity contribution in [3.63, 3.8) is 0 Å². The molecular weight excluding hydrogens is 364 g/mol. The molecule has 0 bridgehead atoms. The van der Waals surface area contributed by atoms with E-state index >= 15 is 0 Å². The Hall–Kier alpha value is -2.80. The smallest absolute Gasteiger partial charge is 0.254 e. The predicted molar refractivity (Wildman–Crippen MR) is 102 cm³/mol. The fraction of sp³-hybridized carbons (Fsp3) is 0.333. The molecule has 0 atom stereocenters. The molecule has 0 aliphatic carbocycles. The van der Waals surface area contributed by atoms with E-state index in [-0.39, 0.29) is 30.0 Å². The molecule has 2 aromatic rings. The number of hydrogen-bond donors (Lipinski definition) is 1. The van der Waals surface area contributed by atoms with Gasteiger partial charge < -0.3 is 10.2 Å². The molecule has 0 unspecified atom stereocenters. The lowest BCUT2D eigenvalue weighted by atomic mass is 10.1. The van der Waals surface area contributed by atoms with Crippen LogP contribution in [0.4, 0.5) is 8.78 Å². The van der Waals surface area contributed by atoms with Gasteiger partial charge in [-0.05, 0) is 42.3 Å². The van der Waals surface area contributed by atoms with Crippen LogP contribution < -0.4 is 5.32 Å². The number of carbonyl (C=O) groups excluding carboxylic acids is 2. The highest BCUT2D eigenvalue weighted by Gasteiger charge is 2.23. The van der Waals surface area contributed by atoms with Crippen LogP contribution in [0.3, 0.4) is 0 Å². The Labute approximate surface area is 162 Å². The van der Waals surface area contributed by atoms with Gasteiger partial charge in [-0.1, -0.05) is 18.2 Å². The van der Waals surface area contributed by atoms with E-state index in [1.165, 1.54) is 18.2 Å². The molecule has 2 amide bonds. The second-order valence-corrected chi connectivity index (χ2v) is 6.94. The average Bonchev–Trinajstić information content (AvgIpc) is 2.70. The molecule has 1 aliphatic heterocycles. The maximum absolute atomic E-state index is 13.7. The first-order chi connectivity index (χ1) is 13.4. The summed E-state index contributed by atoms with van der Waals surface area (Å²) in [7, 11) is 0. The minimum Gasteiger partial charge on any atom is -0.351 e. The zero-order valence-corrected chi connectivity index (χ0v) is 15.8. The summed E-state index contributed by atoms with van der Waals surface area (Å²) < 4.78 is 26.6. The van der Waals surface area contributed by atoms with Gasteiger partial charge in [-0.2, -0.15) is 0 Å². The molecule has 1 heterocycles. The van der Waals surface area contributed by atoms with Crippen molar-refractivity contribution in [2.75, 3.05) is 32.7 Å². The zero-order chi connectivity index (χ0) is 20.1. The minimum absolute atomic E-state index is 0.121.